The summed E-state index contributed by atoms with van der Waals surface area (Å²) in [6.07, 6.45) is 1.42. The standard InChI is InChI=1S/C12H18N2O2S/c15-12(8-10-9-16-6-5-13-10)14-4-3-11-2-1-7-17-11/h1-2,7,10,13H,3-6,8-9H2,(H,14,15). The van der Waals surface area contributed by atoms with Crippen molar-refractivity contribution in [2.45, 2.75) is 18.9 Å². The largest absolute Gasteiger partial charge is 0.378 e. The number of carbonyl (C=O) groups excluding carboxylic acids is 1. The molecule has 2 rings (SSSR count). The van der Waals surface area contributed by atoms with Crippen molar-refractivity contribution < 1.29 is 9.53 Å². The summed E-state index contributed by atoms with van der Waals surface area (Å²) in [7, 11) is 0. The van der Waals surface area contributed by atoms with Crippen molar-refractivity contribution in [1.82, 2.24) is 10.6 Å². The zero-order valence-electron chi connectivity index (χ0n) is 9.78. The van der Waals surface area contributed by atoms with E-state index in [1.165, 1.54) is 4.88 Å². The van der Waals surface area contributed by atoms with Gasteiger partial charge in [-0.15, -0.1) is 11.3 Å². The fraction of sp³-hybridized carbons (Fsp3) is 0.583. The molecule has 1 aromatic heterocycles. The Morgan fingerprint density at radius 1 is 1.65 bits per heavy atom. The van der Waals surface area contributed by atoms with E-state index in [1.54, 1.807) is 11.3 Å². The molecule has 0 bridgehead atoms. The molecule has 0 spiro atoms. The second-order valence-corrected chi connectivity index (χ2v) is 5.14. The number of rotatable bonds is 5. The van der Waals surface area contributed by atoms with Crippen molar-refractivity contribution in [3.8, 4) is 0 Å². The highest BCUT2D eigenvalue weighted by molar-refractivity contribution is 7.09. The lowest BCUT2D eigenvalue weighted by Gasteiger charge is -2.23. The van der Waals surface area contributed by atoms with Gasteiger partial charge in [-0.3, -0.25) is 4.79 Å². The normalized spacial score (nSPS) is 20.1. The summed E-state index contributed by atoms with van der Waals surface area (Å²) >= 11 is 1.73. The van der Waals surface area contributed by atoms with Crippen molar-refractivity contribution >= 4 is 17.2 Å². The molecule has 1 aromatic rings. The van der Waals surface area contributed by atoms with Crippen molar-refractivity contribution in [1.29, 1.82) is 0 Å². The van der Waals surface area contributed by atoms with Crippen LogP contribution < -0.4 is 10.6 Å². The number of hydrogen-bond acceptors (Lipinski definition) is 4. The van der Waals surface area contributed by atoms with Crippen LogP contribution in [-0.2, 0) is 16.0 Å². The molecule has 0 radical (unpaired) electrons. The summed E-state index contributed by atoms with van der Waals surface area (Å²) in [5.74, 6) is 0.101. The first-order chi connectivity index (χ1) is 8.34. The minimum Gasteiger partial charge on any atom is -0.378 e. The number of nitrogens with one attached hydrogen (secondary N) is 2. The number of amides is 1. The Morgan fingerprint density at radius 2 is 2.59 bits per heavy atom. The maximum absolute atomic E-state index is 11.6. The fourth-order valence-electron chi connectivity index (χ4n) is 1.83. The Kier molecular flexibility index (Phi) is 4.97. The number of carbonyl (C=O) groups is 1. The maximum Gasteiger partial charge on any atom is 0.221 e. The number of hydrogen-bond donors (Lipinski definition) is 2. The summed E-state index contributed by atoms with van der Waals surface area (Å²) in [6.45, 7) is 2.94. The third-order valence-corrected chi connectivity index (χ3v) is 3.64. The Morgan fingerprint density at radius 3 is 3.29 bits per heavy atom. The van der Waals surface area contributed by atoms with E-state index in [9.17, 15) is 4.79 Å². The topological polar surface area (TPSA) is 50.4 Å². The molecule has 1 atom stereocenters. The zero-order valence-corrected chi connectivity index (χ0v) is 10.6. The van der Waals surface area contributed by atoms with Crippen LogP contribution in [0.15, 0.2) is 17.5 Å². The second-order valence-electron chi connectivity index (χ2n) is 4.11. The van der Waals surface area contributed by atoms with Gasteiger partial charge in [0.2, 0.25) is 5.91 Å². The second kappa shape index (κ2) is 6.74. The van der Waals surface area contributed by atoms with Crippen LogP contribution in [0.1, 0.15) is 11.3 Å². The Hall–Kier alpha value is -0.910. The van der Waals surface area contributed by atoms with Gasteiger partial charge in [0.1, 0.15) is 0 Å². The van der Waals surface area contributed by atoms with Crippen molar-refractivity contribution in [2.24, 2.45) is 0 Å². The van der Waals surface area contributed by atoms with E-state index in [0.717, 1.165) is 19.6 Å². The first-order valence-electron chi connectivity index (χ1n) is 5.95. The minimum absolute atomic E-state index is 0.101. The molecule has 2 N–H and O–H groups in total. The quantitative estimate of drug-likeness (QED) is 0.816. The molecule has 0 saturated carbocycles. The molecule has 0 aromatic carbocycles. The van der Waals surface area contributed by atoms with Gasteiger partial charge in [-0.2, -0.15) is 0 Å². The highest BCUT2D eigenvalue weighted by Crippen LogP contribution is 2.08. The van der Waals surface area contributed by atoms with Gasteiger partial charge >= 0.3 is 0 Å². The average Bonchev–Trinajstić information content (AvgIpc) is 2.83. The van der Waals surface area contributed by atoms with Crippen LogP contribution in [0, 0.1) is 0 Å². The lowest BCUT2D eigenvalue weighted by molar-refractivity contribution is -0.122. The molecule has 1 aliphatic heterocycles. The van der Waals surface area contributed by atoms with E-state index in [-0.39, 0.29) is 11.9 Å². The average molecular weight is 254 g/mol. The van der Waals surface area contributed by atoms with E-state index >= 15 is 0 Å². The highest BCUT2D eigenvalue weighted by atomic mass is 32.1. The first kappa shape index (κ1) is 12.5. The zero-order chi connectivity index (χ0) is 11.9. The van der Waals surface area contributed by atoms with Crippen LogP contribution in [0.4, 0.5) is 0 Å². The molecule has 1 amide bonds. The van der Waals surface area contributed by atoms with E-state index in [0.29, 0.717) is 19.6 Å². The summed E-state index contributed by atoms with van der Waals surface area (Å²) < 4.78 is 5.31. The van der Waals surface area contributed by atoms with E-state index in [4.69, 9.17) is 4.74 Å². The summed E-state index contributed by atoms with van der Waals surface area (Å²) in [6, 6.07) is 4.30. The van der Waals surface area contributed by atoms with Crippen molar-refractivity contribution in [3.63, 3.8) is 0 Å². The monoisotopic (exact) mass is 254 g/mol. The van der Waals surface area contributed by atoms with Gasteiger partial charge in [-0.05, 0) is 17.9 Å². The maximum atomic E-state index is 11.6. The smallest absolute Gasteiger partial charge is 0.221 e. The van der Waals surface area contributed by atoms with Crippen LogP contribution in [0.5, 0.6) is 0 Å². The molecule has 17 heavy (non-hydrogen) atoms. The van der Waals surface area contributed by atoms with Gasteiger partial charge in [0, 0.05) is 30.4 Å². The Bertz CT molecular complexity index is 334. The van der Waals surface area contributed by atoms with Gasteiger partial charge in [-0.1, -0.05) is 6.07 Å². The van der Waals surface area contributed by atoms with Crippen molar-refractivity contribution in [3.05, 3.63) is 22.4 Å². The highest BCUT2D eigenvalue weighted by Gasteiger charge is 2.16. The van der Waals surface area contributed by atoms with Gasteiger partial charge < -0.3 is 15.4 Å². The molecular weight excluding hydrogens is 236 g/mol. The Labute approximate surface area is 105 Å². The number of ether oxygens (including phenoxy) is 1. The molecule has 94 valence electrons. The SMILES string of the molecule is O=C(CC1COCCN1)NCCc1cccs1. The molecule has 1 unspecified atom stereocenters. The third kappa shape index (κ3) is 4.46. The number of thiophene rings is 1. The van der Waals surface area contributed by atoms with Gasteiger partial charge in [-0.25, -0.2) is 0 Å². The van der Waals surface area contributed by atoms with E-state index in [2.05, 4.69) is 22.1 Å². The summed E-state index contributed by atoms with van der Waals surface area (Å²) in [5.41, 5.74) is 0. The molecule has 1 aliphatic rings. The predicted molar refractivity (Wildman–Crippen MR) is 68.3 cm³/mol. The van der Waals surface area contributed by atoms with Crippen LogP contribution in [0.3, 0.4) is 0 Å². The third-order valence-electron chi connectivity index (χ3n) is 2.70. The lowest BCUT2D eigenvalue weighted by atomic mass is 10.2. The van der Waals surface area contributed by atoms with Crippen LogP contribution >= 0.6 is 11.3 Å². The molecule has 4 nitrogen and oxygen atoms in total. The van der Waals surface area contributed by atoms with Crippen molar-refractivity contribution in [2.75, 3.05) is 26.3 Å². The van der Waals surface area contributed by atoms with Crippen LogP contribution in [0.25, 0.3) is 0 Å². The van der Waals surface area contributed by atoms with Gasteiger partial charge in [0.15, 0.2) is 0 Å². The Balaban J connectivity index is 1.60. The van der Waals surface area contributed by atoms with Gasteiger partial charge in [0.05, 0.1) is 13.2 Å². The predicted octanol–water partition coefficient (Wildman–Crippen LogP) is 0.785. The minimum atomic E-state index is 0.101. The summed E-state index contributed by atoms with van der Waals surface area (Å²) in [5, 5.41) is 8.27. The molecule has 1 fully saturated rings. The first-order valence-corrected chi connectivity index (χ1v) is 6.83. The molecule has 0 aliphatic carbocycles. The summed E-state index contributed by atoms with van der Waals surface area (Å²) in [4.78, 5) is 12.9. The fourth-order valence-corrected chi connectivity index (χ4v) is 2.54. The van der Waals surface area contributed by atoms with Gasteiger partial charge in [0.25, 0.3) is 0 Å². The van der Waals surface area contributed by atoms with E-state index in [1.807, 2.05) is 6.07 Å². The molecule has 2 heterocycles. The molecule has 5 heteroatoms. The van der Waals surface area contributed by atoms with Crippen LogP contribution in [-0.4, -0.2) is 38.3 Å². The molecular formula is C12H18N2O2S. The van der Waals surface area contributed by atoms with E-state index < -0.39 is 0 Å². The number of morpholine rings is 1. The van der Waals surface area contributed by atoms with Crippen LogP contribution in [0.2, 0.25) is 0 Å². The molecule has 1 saturated heterocycles. The lowest BCUT2D eigenvalue weighted by Crippen LogP contribution is -2.44.